The number of rotatable bonds is 19. The minimum atomic E-state index is -2.78. The molecule has 7 aromatic rings. The van der Waals surface area contributed by atoms with Gasteiger partial charge in [-0.25, -0.2) is 33.6 Å². The molecule has 0 bridgehead atoms. The normalized spacial score (nSPS) is 22.2. The third-order valence-electron chi connectivity index (χ3n) is 12.5. The van der Waals surface area contributed by atoms with E-state index >= 15 is 0 Å². The number of carbonyl (C=O) groups is 7. The Morgan fingerprint density at radius 3 is 1.06 bits per heavy atom. The van der Waals surface area contributed by atoms with Crippen LogP contribution in [-0.2, 0) is 47.4 Å². The summed E-state index contributed by atoms with van der Waals surface area (Å²) in [6.45, 7) is -2.50. The monoisotopic (exact) mass is 1070 g/mol. The zero-order valence-corrected chi connectivity index (χ0v) is 41.8. The summed E-state index contributed by atoms with van der Waals surface area (Å²) >= 11 is 0. The van der Waals surface area contributed by atoms with Crippen LogP contribution >= 0.6 is 0 Å². The molecule has 9 rings (SSSR count). The summed E-state index contributed by atoms with van der Waals surface area (Å²) in [6.07, 6.45) is -14.4. The average Bonchev–Trinajstić information content (AvgIpc) is 4.01. The number of carbonyl (C=O) groups excluding carboxylic acids is 7. The van der Waals surface area contributed by atoms with Crippen LogP contribution in [0.2, 0.25) is 0 Å². The highest BCUT2D eigenvalue weighted by molar-refractivity contribution is 5.93. The van der Waals surface area contributed by atoms with Crippen molar-refractivity contribution in [1.82, 2.24) is 0 Å². The van der Waals surface area contributed by atoms with Crippen molar-refractivity contribution in [1.29, 1.82) is 0 Å². The molecule has 79 heavy (non-hydrogen) atoms. The molecule has 0 aromatic heterocycles. The Hall–Kier alpha value is -9.33. The molecule has 7 aromatic carbocycles. The molecule has 2 heterocycles. The molecule has 1 N–H and O–H groups in total. The molecule has 2 saturated heterocycles. The number of ether oxygens (including phenoxy) is 10. The van der Waals surface area contributed by atoms with Gasteiger partial charge in [0.1, 0.15) is 25.4 Å². The second kappa shape index (κ2) is 25.7. The van der Waals surface area contributed by atoms with Gasteiger partial charge in [0.05, 0.1) is 45.6 Å². The number of aliphatic hydroxyl groups is 1. The Labute approximate surface area is 452 Å². The average molecular weight is 1070 g/mol. The quantitative estimate of drug-likeness (QED) is 0.0605. The van der Waals surface area contributed by atoms with Gasteiger partial charge in [-0.05, 0) is 84.9 Å². The largest absolute Gasteiger partial charge is 0.459 e. The van der Waals surface area contributed by atoms with Crippen LogP contribution in [0.3, 0.4) is 0 Å². The standard InChI is InChI=1S/C61H50O18/c62-53(39-22-8-1-9-23-39)70-36-46-48(74-55(64)41-26-12-3-13-27-41)50(76-57(66)43-30-16-5-17-31-43)51(77-58(67)44-32-18-6-19-33-44)60(73-46)71-37-47-49(75-56(65)42-28-14-4-15-29-42)52(78-59(68)45-34-20-7-21-35-45)61(69,79-47)38-72-54(63)40-24-10-2-11-25-40/h1-35,46-52,60,69H,36-38H2/t46-,47-,48-,49-,50+,51-,52+,60+,61+/m1/s1. The first-order valence-electron chi connectivity index (χ1n) is 24.9. The summed E-state index contributed by atoms with van der Waals surface area (Å²) in [5.41, 5.74) is 0.419. The van der Waals surface area contributed by atoms with E-state index in [0.29, 0.717) is 0 Å². The smallest absolute Gasteiger partial charge is 0.338 e. The van der Waals surface area contributed by atoms with Crippen LogP contribution in [0.1, 0.15) is 72.5 Å². The molecule has 0 aliphatic carbocycles. The maximum Gasteiger partial charge on any atom is 0.338 e. The fraction of sp³-hybridized carbons (Fsp3) is 0.197. The molecular formula is C61H50O18. The second-order valence-corrected chi connectivity index (χ2v) is 17.9. The number of hydrogen-bond acceptors (Lipinski definition) is 18. The minimum Gasteiger partial charge on any atom is -0.459 e. The van der Waals surface area contributed by atoms with Crippen molar-refractivity contribution in [3.63, 3.8) is 0 Å². The lowest BCUT2D eigenvalue weighted by Gasteiger charge is -2.44. The molecule has 18 heteroatoms. The molecule has 0 amide bonds. The molecule has 2 aliphatic heterocycles. The van der Waals surface area contributed by atoms with Gasteiger partial charge in [0, 0.05) is 0 Å². The van der Waals surface area contributed by atoms with Gasteiger partial charge in [0.15, 0.2) is 36.8 Å². The first kappa shape index (κ1) is 54.5. The maximum atomic E-state index is 14.3. The zero-order chi connectivity index (χ0) is 55.1. The molecule has 2 aliphatic rings. The van der Waals surface area contributed by atoms with Crippen molar-refractivity contribution in [2.24, 2.45) is 0 Å². The third-order valence-corrected chi connectivity index (χ3v) is 12.5. The summed E-state index contributed by atoms with van der Waals surface area (Å²) in [4.78, 5) is 97.6. The maximum absolute atomic E-state index is 14.3. The highest BCUT2D eigenvalue weighted by Crippen LogP contribution is 2.38. The Balaban J connectivity index is 1.11. The van der Waals surface area contributed by atoms with Crippen LogP contribution in [0.4, 0.5) is 0 Å². The second-order valence-electron chi connectivity index (χ2n) is 17.9. The lowest BCUT2D eigenvalue weighted by molar-refractivity contribution is -0.308. The van der Waals surface area contributed by atoms with Crippen LogP contribution in [0.5, 0.6) is 0 Å². The Morgan fingerprint density at radius 1 is 0.354 bits per heavy atom. The highest BCUT2D eigenvalue weighted by Gasteiger charge is 2.61. The Kier molecular flexibility index (Phi) is 17.7. The van der Waals surface area contributed by atoms with E-state index in [1.165, 1.54) is 84.9 Å². The molecule has 2 fully saturated rings. The zero-order valence-electron chi connectivity index (χ0n) is 41.8. The highest BCUT2D eigenvalue weighted by atomic mass is 16.8. The van der Waals surface area contributed by atoms with Gasteiger partial charge in [-0.1, -0.05) is 127 Å². The fourth-order valence-corrected chi connectivity index (χ4v) is 8.59. The molecule has 0 spiro atoms. The van der Waals surface area contributed by atoms with Gasteiger partial charge >= 0.3 is 41.8 Å². The molecule has 0 saturated carbocycles. The lowest BCUT2D eigenvalue weighted by Crippen LogP contribution is -2.63. The van der Waals surface area contributed by atoms with Crippen LogP contribution < -0.4 is 0 Å². The van der Waals surface area contributed by atoms with Crippen molar-refractivity contribution < 1.29 is 86.0 Å². The summed E-state index contributed by atoms with van der Waals surface area (Å²) in [7, 11) is 0. The van der Waals surface area contributed by atoms with Gasteiger partial charge in [0.2, 0.25) is 5.79 Å². The predicted octanol–water partition coefficient (Wildman–Crippen LogP) is 7.66. The number of hydrogen-bond donors (Lipinski definition) is 1. The van der Waals surface area contributed by atoms with Crippen molar-refractivity contribution in [3.05, 3.63) is 251 Å². The van der Waals surface area contributed by atoms with Gasteiger partial charge < -0.3 is 52.5 Å². The van der Waals surface area contributed by atoms with Gasteiger partial charge in [0.25, 0.3) is 0 Å². The van der Waals surface area contributed by atoms with E-state index in [9.17, 15) is 38.7 Å². The van der Waals surface area contributed by atoms with E-state index in [2.05, 4.69) is 0 Å². The Morgan fingerprint density at radius 2 is 0.671 bits per heavy atom. The summed E-state index contributed by atoms with van der Waals surface area (Å²) in [6, 6.07) is 54.3. The third kappa shape index (κ3) is 13.6. The molecule has 18 nitrogen and oxygen atoms in total. The summed E-state index contributed by atoms with van der Waals surface area (Å²) < 4.78 is 61.1. The summed E-state index contributed by atoms with van der Waals surface area (Å²) in [5.74, 6) is -9.37. The SMILES string of the molecule is O=C(OC[C@H]1O[C@H](OC[C@H]2O[C@@](O)(COC(=O)c3ccccc3)[C@@H](OC(=O)c3ccccc3)[C@@H]2OC(=O)c2ccccc2)[C@H](OC(=O)c2ccccc2)[C@@H](OC(=O)c2ccccc2)[C@@H]1OC(=O)c1ccccc1)c1ccccc1. The number of esters is 7. The van der Waals surface area contributed by atoms with E-state index in [1.807, 2.05) is 0 Å². The molecule has 0 radical (unpaired) electrons. The van der Waals surface area contributed by atoms with E-state index in [-0.39, 0.29) is 38.9 Å². The predicted molar refractivity (Wildman–Crippen MR) is 276 cm³/mol. The Bertz CT molecular complexity index is 3190. The number of benzene rings is 7. The van der Waals surface area contributed by atoms with Gasteiger partial charge in [-0.2, -0.15) is 0 Å². The van der Waals surface area contributed by atoms with E-state index < -0.39 is 116 Å². The minimum absolute atomic E-state index is 0.0234. The fourth-order valence-electron chi connectivity index (χ4n) is 8.59. The van der Waals surface area contributed by atoms with Gasteiger partial charge in [-0.15, -0.1) is 0 Å². The first-order chi connectivity index (χ1) is 38.4. The van der Waals surface area contributed by atoms with Crippen molar-refractivity contribution in [3.8, 4) is 0 Å². The van der Waals surface area contributed by atoms with Gasteiger partial charge in [-0.3, -0.25) is 0 Å². The van der Waals surface area contributed by atoms with Crippen LogP contribution in [0.25, 0.3) is 0 Å². The van der Waals surface area contributed by atoms with Crippen LogP contribution in [0, 0.1) is 0 Å². The van der Waals surface area contributed by atoms with Crippen molar-refractivity contribution in [2.45, 2.75) is 54.8 Å². The van der Waals surface area contributed by atoms with E-state index in [0.717, 1.165) is 0 Å². The molecule has 402 valence electrons. The van der Waals surface area contributed by atoms with E-state index in [1.54, 1.807) is 127 Å². The van der Waals surface area contributed by atoms with Crippen LogP contribution in [0.15, 0.2) is 212 Å². The molecular weight excluding hydrogens is 1020 g/mol. The topological polar surface area (TPSA) is 232 Å². The van der Waals surface area contributed by atoms with Crippen molar-refractivity contribution >= 4 is 41.8 Å². The van der Waals surface area contributed by atoms with Crippen LogP contribution in [-0.4, -0.2) is 122 Å². The van der Waals surface area contributed by atoms with E-state index in [4.69, 9.17) is 47.4 Å². The first-order valence-corrected chi connectivity index (χ1v) is 24.9. The summed E-state index contributed by atoms with van der Waals surface area (Å²) in [5, 5.41) is 12.5. The van der Waals surface area contributed by atoms with Crippen molar-refractivity contribution in [2.75, 3.05) is 19.8 Å². The molecule has 0 unspecified atom stereocenters. The molecule has 9 atom stereocenters. The lowest BCUT2D eigenvalue weighted by atomic mass is 9.97.